The van der Waals surface area contributed by atoms with Crippen LogP contribution >= 0.6 is 0 Å². The van der Waals surface area contributed by atoms with Crippen LogP contribution in [0.5, 0.6) is 17.2 Å². The van der Waals surface area contributed by atoms with Gasteiger partial charge in [-0.05, 0) is 31.4 Å². The van der Waals surface area contributed by atoms with Crippen LogP contribution in [0, 0.1) is 0 Å². The normalized spacial score (nSPS) is 10.9. The molecule has 5 heteroatoms. The average molecular weight is 547 g/mol. The standard InChI is InChI=1S/C34H58O5/c1-4-7-10-13-16-17-20-23-28-37-30-26-27-31(38-33(35)24-21-18-14-11-8-5-2)32(29-30)39-34(36)25-22-19-15-12-9-6-3/h26-27,29H,4-25,28H2,1-3H3. The number of benzene rings is 1. The molecule has 224 valence electrons. The third-order valence-electron chi connectivity index (χ3n) is 7.10. The van der Waals surface area contributed by atoms with E-state index in [1.54, 1.807) is 18.2 Å². The molecule has 0 radical (unpaired) electrons. The van der Waals surface area contributed by atoms with E-state index in [0.717, 1.165) is 51.4 Å². The molecule has 1 aromatic carbocycles. The third-order valence-corrected chi connectivity index (χ3v) is 7.10. The van der Waals surface area contributed by atoms with Crippen LogP contribution in [0.3, 0.4) is 0 Å². The molecule has 1 rings (SSSR count). The van der Waals surface area contributed by atoms with Crippen molar-refractivity contribution in [3.63, 3.8) is 0 Å². The van der Waals surface area contributed by atoms with Crippen molar-refractivity contribution in [1.29, 1.82) is 0 Å². The molecule has 0 atom stereocenters. The van der Waals surface area contributed by atoms with E-state index in [1.165, 1.54) is 77.0 Å². The van der Waals surface area contributed by atoms with Gasteiger partial charge >= 0.3 is 11.9 Å². The molecule has 0 unspecified atom stereocenters. The van der Waals surface area contributed by atoms with Gasteiger partial charge in [-0.15, -0.1) is 0 Å². The quantitative estimate of drug-likeness (QED) is 0.0657. The zero-order chi connectivity index (χ0) is 28.4. The number of hydrogen-bond acceptors (Lipinski definition) is 5. The fraction of sp³-hybridized carbons (Fsp3) is 0.765. The van der Waals surface area contributed by atoms with Crippen LogP contribution in [0.25, 0.3) is 0 Å². The summed E-state index contributed by atoms with van der Waals surface area (Å²) in [4.78, 5) is 25.1. The summed E-state index contributed by atoms with van der Waals surface area (Å²) in [6, 6.07) is 5.18. The molecule has 0 saturated heterocycles. The minimum absolute atomic E-state index is 0.274. The van der Waals surface area contributed by atoms with E-state index in [2.05, 4.69) is 20.8 Å². The van der Waals surface area contributed by atoms with Gasteiger partial charge in [-0.1, -0.05) is 130 Å². The summed E-state index contributed by atoms with van der Waals surface area (Å²) in [6.45, 7) is 7.26. The lowest BCUT2D eigenvalue weighted by atomic mass is 10.1. The first-order valence-electron chi connectivity index (χ1n) is 16.3. The molecule has 0 aliphatic carbocycles. The lowest BCUT2D eigenvalue weighted by Crippen LogP contribution is -2.12. The van der Waals surface area contributed by atoms with E-state index in [-0.39, 0.29) is 17.7 Å². The Labute approximate surface area is 239 Å². The van der Waals surface area contributed by atoms with E-state index in [9.17, 15) is 9.59 Å². The zero-order valence-corrected chi connectivity index (χ0v) is 25.5. The van der Waals surface area contributed by atoms with Crippen LogP contribution in [-0.4, -0.2) is 18.5 Å². The van der Waals surface area contributed by atoms with Crippen LogP contribution < -0.4 is 14.2 Å². The molecule has 0 fully saturated rings. The van der Waals surface area contributed by atoms with Gasteiger partial charge in [0.15, 0.2) is 11.5 Å². The van der Waals surface area contributed by atoms with Gasteiger partial charge in [0.25, 0.3) is 0 Å². The summed E-state index contributed by atoms with van der Waals surface area (Å²) in [5.41, 5.74) is 0. The van der Waals surface area contributed by atoms with E-state index in [4.69, 9.17) is 14.2 Å². The lowest BCUT2D eigenvalue weighted by molar-refractivity contribution is -0.137. The molecule has 0 aliphatic rings. The summed E-state index contributed by atoms with van der Waals surface area (Å²) in [7, 11) is 0. The molecule has 0 amide bonds. The van der Waals surface area contributed by atoms with Crippen LogP contribution in [0.4, 0.5) is 0 Å². The van der Waals surface area contributed by atoms with Gasteiger partial charge in [-0.2, -0.15) is 0 Å². The molecule has 0 bridgehead atoms. The molecular weight excluding hydrogens is 488 g/mol. The predicted octanol–water partition coefficient (Wildman–Crippen LogP) is 10.5. The first-order chi connectivity index (χ1) is 19.1. The van der Waals surface area contributed by atoms with Gasteiger partial charge in [0.1, 0.15) is 5.75 Å². The van der Waals surface area contributed by atoms with Gasteiger partial charge in [0.05, 0.1) is 6.61 Å². The minimum Gasteiger partial charge on any atom is -0.493 e. The Kier molecular flexibility index (Phi) is 22.4. The summed E-state index contributed by atoms with van der Waals surface area (Å²) >= 11 is 0. The highest BCUT2D eigenvalue weighted by Gasteiger charge is 2.15. The number of unbranched alkanes of at least 4 members (excludes halogenated alkanes) is 17. The van der Waals surface area contributed by atoms with E-state index in [0.29, 0.717) is 30.9 Å². The van der Waals surface area contributed by atoms with Gasteiger partial charge in [0, 0.05) is 18.9 Å². The van der Waals surface area contributed by atoms with Crippen molar-refractivity contribution in [2.45, 2.75) is 162 Å². The van der Waals surface area contributed by atoms with Crippen molar-refractivity contribution in [3.8, 4) is 17.2 Å². The number of carbonyl (C=O) groups is 2. The maximum Gasteiger partial charge on any atom is 0.311 e. The fourth-order valence-electron chi connectivity index (χ4n) is 4.61. The van der Waals surface area contributed by atoms with Crippen molar-refractivity contribution in [2.24, 2.45) is 0 Å². The molecule has 5 nitrogen and oxygen atoms in total. The zero-order valence-electron chi connectivity index (χ0n) is 25.5. The molecule has 0 saturated carbocycles. The smallest absolute Gasteiger partial charge is 0.311 e. The Morgan fingerprint density at radius 1 is 0.513 bits per heavy atom. The Morgan fingerprint density at radius 2 is 0.923 bits per heavy atom. The van der Waals surface area contributed by atoms with Crippen LogP contribution in [-0.2, 0) is 9.59 Å². The number of rotatable bonds is 26. The molecular formula is C34H58O5. The van der Waals surface area contributed by atoms with Crippen molar-refractivity contribution >= 4 is 11.9 Å². The molecule has 0 spiro atoms. The molecule has 39 heavy (non-hydrogen) atoms. The first kappa shape index (κ1) is 35.0. The minimum atomic E-state index is -0.293. The van der Waals surface area contributed by atoms with E-state index < -0.39 is 0 Å². The van der Waals surface area contributed by atoms with Crippen LogP contribution in [0.1, 0.15) is 162 Å². The predicted molar refractivity (Wildman–Crippen MR) is 162 cm³/mol. The van der Waals surface area contributed by atoms with Crippen molar-refractivity contribution in [2.75, 3.05) is 6.61 Å². The summed E-state index contributed by atoms with van der Waals surface area (Å²) in [5, 5.41) is 0. The van der Waals surface area contributed by atoms with Gasteiger partial charge < -0.3 is 14.2 Å². The van der Waals surface area contributed by atoms with Crippen molar-refractivity contribution in [1.82, 2.24) is 0 Å². The molecule has 1 aromatic rings. The fourth-order valence-corrected chi connectivity index (χ4v) is 4.61. The number of ether oxygens (including phenoxy) is 3. The Morgan fingerprint density at radius 3 is 1.41 bits per heavy atom. The average Bonchev–Trinajstić information content (AvgIpc) is 2.93. The largest absolute Gasteiger partial charge is 0.493 e. The highest BCUT2D eigenvalue weighted by atomic mass is 16.6. The number of hydrogen-bond donors (Lipinski definition) is 0. The number of carbonyl (C=O) groups excluding carboxylic acids is 2. The van der Waals surface area contributed by atoms with E-state index >= 15 is 0 Å². The molecule has 0 aromatic heterocycles. The van der Waals surface area contributed by atoms with Crippen molar-refractivity contribution in [3.05, 3.63) is 18.2 Å². The topological polar surface area (TPSA) is 61.8 Å². The summed E-state index contributed by atoms with van der Waals surface area (Å²) in [6.07, 6.45) is 24.0. The highest BCUT2D eigenvalue weighted by molar-refractivity contribution is 5.76. The third kappa shape index (κ3) is 19.6. The van der Waals surface area contributed by atoms with Gasteiger partial charge in [-0.3, -0.25) is 9.59 Å². The summed E-state index contributed by atoms with van der Waals surface area (Å²) < 4.78 is 17.3. The maximum absolute atomic E-state index is 12.6. The maximum atomic E-state index is 12.6. The molecule has 0 aliphatic heterocycles. The first-order valence-corrected chi connectivity index (χ1v) is 16.3. The molecule has 0 N–H and O–H groups in total. The lowest BCUT2D eigenvalue weighted by Gasteiger charge is -2.13. The van der Waals surface area contributed by atoms with Crippen LogP contribution in [0.2, 0.25) is 0 Å². The second-order valence-corrected chi connectivity index (χ2v) is 10.9. The van der Waals surface area contributed by atoms with Gasteiger partial charge in [0.2, 0.25) is 0 Å². The van der Waals surface area contributed by atoms with Gasteiger partial charge in [-0.25, -0.2) is 0 Å². The second-order valence-electron chi connectivity index (χ2n) is 10.9. The monoisotopic (exact) mass is 546 g/mol. The Balaban J connectivity index is 2.58. The Hall–Kier alpha value is -2.04. The summed E-state index contributed by atoms with van der Waals surface area (Å²) in [5.74, 6) is 0.624. The number of esters is 2. The van der Waals surface area contributed by atoms with Crippen LogP contribution in [0.15, 0.2) is 18.2 Å². The molecule has 0 heterocycles. The van der Waals surface area contributed by atoms with E-state index in [1.807, 2.05) is 0 Å². The second kappa shape index (κ2) is 25.0. The highest BCUT2D eigenvalue weighted by Crippen LogP contribution is 2.33. The Bertz CT molecular complexity index is 745. The van der Waals surface area contributed by atoms with Crippen molar-refractivity contribution < 1.29 is 23.8 Å². The SMILES string of the molecule is CCCCCCCCCCOc1ccc(OC(=O)CCCCCCCC)c(OC(=O)CCCCCCCC)c1.